The minimum Gasteiger partial charge on any atom is -0.352 e. The van der Waals surface area contributed by atoms with Crippen LogP contribution in [0.5, 0.6) is 0 Å². The van der Waals surface area contributed by atoms with Crippen molar-refractivity contribution in [1.29, 1.82) is 0 Å². The largest absolute Gasteiger partial charge is 0.352 e. The molecule has 5 aromatic heterocycles. The van der Waals surface area contributed by atoms with Crippen LogP contribution < -0.4 is 5.32 Å². The number of fused-ring (bicyclic) bond motifs is 2. The predicted octanol–water partition coefficient (Wildman–Crippen LogP) is 5.72. The maximum Gasteiger partial charge on any atom is 0.224 e. The molecule has 5 heterocycles. The Bertz CT molecular complexity index is 1750. The van der Waals surface area contributed by atoms with E-state index in [0.29, 0.717) is 40.1 Å². The highest BCUT2D eigenvalue weighted by Gasteiger charge is 2.17. The van der Waals surface area contributed by atoms with Crippen molar-refractivity contribution in [2.75, 3.05) is 5.32 Å². The predicted molar refractivity (Wildman–Crippen MR) is 137 cm³/mol. The summed E-state index contributed by atoms with van der Waals surface area (Å²) < 4.78 is 14.5. The van der Waals surface area contributed by atoms with Crippen LogP contribution in [-0.4, -0.2) is 36.0 Å². The Labute approximate surface area is 204 Å². The molecule has 0 radical (unpaired) electrons. The Kier molecular flexibility index (Phi) is 5.22. The standard InChI is InChI=1S/C27H20FN7O/c1-2-25(36)31-16-9-15(11-29-12-16)21-7-8-22-26(33-21)27(35-34-22)23-10-18-19(13-30-14-24(18)32-23)17-5-3-4-6-20(17)28/h3-14,32H,2H2,1H3,(H,31,36)(H,34,35). The first kappa shape index (κ1) is 21.6. The van der Waals surface area contributed by atoms with Gasteiger partial charge >= 0.3 is 0 Å². The van der Waals surface area contributed by atoms with Gasteiger partial charge in [0.05, 0.1) is 40.5 Å². The molecule has 36 heavy (non-hydrogen) atoms. The molecule has 9 heteroatoms. The lowest BCUT2D eigenvalue weighted by Gasteiger charge is -2.06. The maximum atomic E-state index is 14.5. The number of amides is 1. The van der Waals surface area contributed by atoms with E-state index in [-0.39, 0.29) is 11.7 Å². The third-order valence-corrected chi connectivity index (χ3v) is 6.01. The van der Waals surface area contributed by atoms with Crippen LogP contribution in [0, 0.1) is 5.82 Å². The molecule has 3 N–H and O–H groups in total. The van der Waals surface area contributed by atoms with E-state index in [4.69, 9.17) is 4.98 Å². The number of hydrogen-bond acceptors (Lipinski definition) is 5. The molecule has 6 rings (SSSR count). The molecule has 0 fully saturated rings. The van der Waals surface area contributed by atoms with Gasteiger partial charge in [-0.25, -0.2) is 9.37 Å². The van der Waals surface area contributed by atoms with Gasteiger partial charge in [0.15, 0.2) is 0 Å². The number of H-pyrrole nitrogens is 2. The lowest BCUT2D eigenvalue weighted by atomic mass is 10.0. The third-order valence-electron chi connectivity index (χ3n) is 6.01. The van der Waals surface area contributed by atoms with Crippen molar-refractivity contribution < 1.29 is 9.18 Å². The molecule has 8 nitrogen and oxygen atoms in total. The molecule has 1 aromatic carbocycles. The number of anilines is 1. The molecular weight excluding hydrogens is 457 g/mol. The van der Waals surface area contributed by atoms with Gasteiger partial charge in [0.2, 0.25) is 5.91 Å². The number of halogens is 1. The van der Waals surface area contributed by atoms with E-state index in [1.165, 1.54) is 6.07 Å². The summed E-state index contributed by atoms with van der Waals surface area (Å²) >= 11 is 0. The minimum atomic E-state index is -0.308. The summed E-state index contributed by atoms with van der Waals surface area (Å²) in [6.45, 7) is 1.79. The summed E-state index contributed by atoms with van der Waals surface area (Å²) in [5, 5.41) is 11.2. The number of nitrogens with zero attached hydrogens (tertiary/aromatic N) is 4. The van der Waals surface area contributed by atoms with Crippen LogP contribution in [0.4, 0.5) is 10.1 Å². The molecule has 0 aliphatic rings. The molecule has 0 atom stereocenters. The van der Waals surface area contributed by atoms with E-state index in [9.17, 15) is 9.18 Å². The van der Waals surface area contributed by atoms with Crippen LogP contribution in [0.15, 0.2) is 73.3 Å². The zero-order valence-electron chi connectivity index (χ0n) is 19.2. The Morgan fingerprint density at radius 1 is 0.972 bits per heavy atom. The summed E-state index contributed by atoms with van der Waals surface area (Å²) in [7, 11) is 0. The molecule has 0 spiro atoms. The second kappa shape index (κ2) is 8.70. The number of pyridine rings is 3. The number of hydrogen-bond donors (Lipinski definition) is 3. The Morgan fingerprint density at radius 3 is 2.69 bits per heavy atom. The number of nitrogens with one attached hydrogen (secondary N) is 3. The van der Waals surface area contributed by atoms with E-state index in [0.717, 1.165) is 27.7 Å². The normalized spacial score (nSPS) is 11.3. The van der Waals surface area contributed by atoms with Gasteiger partial charge < -0.3 is 10.3 Å². The van der Waals surface area contributed by atoms with Gasteiger partial charge in [-0.1, -0.05) is 25.1 Å². The average Bonchev–Trinajstić information content (AvgIpc) is 3.52. The van der Waals surface area contributed by atoms with Gasteiger partial charge in [0.25, 0.3) is 0 Å². The van der Waals surface area contributed by atoms with Crippen LogP contribution in [0.1, 0.15) is 13.3 Å². The van der Waals surface area contributed by atoms with Gasteiger partial charge in [-0.05, 0) is 30.3 Å². The Balaban J connectivity index is 1.44. The van der Waals surface area contributed by atoms with Crippen LogP contribution >= 0.6 is 0 Å². The fourth-order valence-electron chi connectivity index (χ4n) is 4.22. The summed E-state index contributed by atoms with van der Waals surface area (Å²) in [4.78, 5) is 28.5. The van der Waals surface area contributed by atoms with Crippen LogP contribution in [0.3, 0.4) is 0 Å². The van der Waals surface area contributed by atoms with Crippen molar-refractivity contribution >= 4 is 33.5 Å². The highest BCUT2D eigenvalue weighted by Crippen LogP contribution is 2.34. The molecule has 6 aromatic rings. The second-order valence-corrected chi connectivity index (χ2v) is 8.34. The average molecular weight is 478 g/mol. The van der Waals surface area contributed by atoms with Crippen molar-refractivity contribution in [1.82, 2.24) is 30.1 Å². The molecule has 0 bridgehead atoms. The number of benzene rings is 1. The maximum absolute atomic E-state index is 14.5. The minimum absolute atomic E-state index is 0.0856. The van der Waals surface area contributed by atoms with Gasteiger partial charge in [-0.3, -0.25) is 19.9 Å². The van der Waals surface area contributed by atoms with Crippen LogP contribution in [0.25, 0.3) is 55.7 Å². The highest BCUT2D eigenvalue weighted by molar-refractivity contribution is 6.00. The molecule has 0 aliphatic carbocycles. The zero-order chi connectivity index (χ0) is 24.6. The van der Waals surface area contributed by atoms with Gasteiger partial charge in [0.1, 0.15) is 17.0 Å². The van der Waals surface area contributed by atoms with E-state index in [2.05, 4.69) is 30.5 Å². The quantitative estimate of drug-likeness (QED) is 0.294. The van der Waals surface area contributed by atoms with Crippen LogP contribution in [-0.2, 0) is 4.79 Å². The number of rotatable bonds is 5. The Morgan fingerprint density at radius 2 is 1.83 bits per heavy atom. The first-order valence-electron chi connectivity index (χ1n) is 11.4. The summed E-state index contributed by atoms with van der Waals surface area (Å²) in [5.74, 6) is -0.394. The third kappa shape index (κ3) is 3.76. The lowest BCUT2D eigenvalue weighted by molar-refractivity contribution is -0.115. The van der Waals surface area contributed by atoms with E-state index < -0.39 is 0 Å². The molecule has 0 saturated carbocycles. The fraction of sp³-hybridized carbons (Fsp3) is 0.0741. The fourth-order valence-corrected chi connectivity index (χ4v) is 4.22. The lowest BCUT2D eigenvalue weighted by Crippen LogP contribution is -2.09. The number of aromatic amines is 2. The number of aromatic nitrogens is 6. The van der Waals surface area contributed by atoms with Gasteiger partial charge in [0, 0.05) is 40.9 Å². The van der Waals surface area contributed by atoms with Crippen molar-refractivity contribution in [2.45, 2.75) is 13.3 Å². The van der Waals surface area contributed by atoms with E-state index >= 15 is 0 Å². The summed E-state index contributed by atoms with van der Waals surface area (Å²) in [6, 6.07) is 14.2. The number of carbonyl (C=O) groups is 1. The molecule has 0 unspecified atom stereocenters. The molecular formula is C27H20FN7O. The molecule has 176 valence electrons. The first-order valence-corrected chi connectivity index (χ1v) is 11.4. The molecule has 0 aliphatic heterocycles. The van der Waals surface area contributed by atoms with Gasteiger partial charge in [-0.15, -0.1) is 0 Å². The Hall–Kier alpha value is -4.92. The van der Waals surface area contributed by atoms with E-state index in [1.54, 1.807) is 49.9 Å². The van der Waals surface area contributed by atoms with Crippen molar-refractivity contribution in [3.8, 4) is 33.8 Å². The van der Waals surface area contributed by atoms with Gasteiger partial charge in [-0.2, -0.15) is 5.10 Å². The monoisotopic (exact) mass is 477 g/mol. The SMILES string of the molecule is CCC(=O)Nc1cncc(-c2ccc3[nH]nc(-c4cc5c(-c6ccccc6F)cncc5[nH]4)c3n2)c1. The first-order chi connectivity index (χ1) is 17.6. The second-order valence-electron chi connectivity index (χ2n) is 8.34. The van der Waals surface area contributed by atoms with Crippen molar-refractivity contribution in [3.05, 3.63) is 79.1 Å². The smallest absolute Gasteiger partial charge is 0.224 e. The van der Waals surface area contributed by atoms with E-state index in [1.807, 2.05) is 24.3 Å². The highest BCUT2D eigenvalue weighted by atomic mass is 19.1. The molecule has 1 amide bonds. The molecule has 0 saturated heterocycles. The van der Waals surface area contributed by atoms with Crippen LogP contribution in [0.2, 0.25) is 0 Å². The zero-order valence-corrected chi connectivity index (χ0v) is 19.2. The van der Waals surface area contributed by atoms with Crippen molar-refractivity contribution in [2.24, 2.45) is 0 Å². The summed E-state index contributed by atoms with van der Waals surface area (Å²) in [6.07, 6.45) is 7.05. The topological polar surface area (TPSA) is 112 Å². The van der Waals surface area contributed by atoms with Crippen molar-refractivity contribution in [3.63, 3.8) is 0 Å². The summed E-state index contributed by atoms with van der Waals surface area (Å²) in [5.41, 5.74) is 6.80. The number of carbonyl (C=O) groups excluding carboxylic acids is 1.